The van der Waals surface area contributed by atoms with E-state index in [4.69, 9.17) is 4.74 Å². The van der Waals surface area contributed by atoms with E-state index in [0.717, 1.165) is 24.7 Å². The maximum atomic E-state index is 12.6. The lowest BCUT2D eigenvalue weighted by Crippen LogP contribution is -2.58. The third-order valence-electron chi connectivity index (χ3n) is 9.16. The van der Waals surface area contributed by atoms with Crippen LogP contribution in [0.3, 0.4) is 0 Å². The maximum Gasteiger partial charge on any atom is 0.311 e. The summed E-state index contributed by atoms with van der Waals surface area (Å²) in [6.45, 7) is 5.05. The van der Waals surface area contributed by atoms with Crippen LogP contribution in [0.4, 0.5) is 0 Å². The van der Waals surface area contributed by atoms with Gasteiger partial charge in [-0.25, -0.2) is 0 Å². The predicted molar refractivity (Wildman–Crippen MR) is 93.3 cm³/mol. The van der Waals surface area contributed by atoms with Crippen LogP contribution < -0.4 is 0 Å². The third kappa shape index (κ3) is 2.03. The third-order valence-corrected chi connectivity index (χ3v) is 9.16. The first-order valence-corrected chi connectivity index (χ1v) is 10.1. The van der Waals surface area contributed by atoms with Gasteiger partial charge in [-0.1, -0.05) is 13.3 Å². The summed E-state index contributed by atoms with van der Waals surface area (Å²) in [5, 5.41) is 9.82. The zero-order chi connectivity index (χ0) is 17.2. The summed E-state index contributed by atoms with van der Waals surface area (Å²) in [7, 11) is 1.55. The zero-order valence-corrected chi connectivity index (χ0v) is 15.6. The van der Waals surface area contributed by atoms with Crippen molar-refractivity contribution in [2.24, 2.45) is 39.9 Å². The van der Waals surface area contributed by atoms with Crippen LogP contribution in [0.2, 0.25) is 0 Å². The van der Waals surface area contributed by atoms with E-state index in [1.165, 1.54) is 44.9 Å². The molecule has 4 fully saturated rings. The molecule has 136 valence electrons. The number of aliphatic hydroxyl groups is 1. The van der Waals surface area contributed by atoms with Gasteiger partial charge in [0.2, 0.25) is 0 Å². The lowest BCUT2D eigenvalue weighted by molar-refractivity contribution is -0.183. The highest BCUT2D eigenvalue weighted by molar-refractivity contribution is 5.77. The minimum atomic E-state index is -0.296. The highest BCUT2D eigenvalue weighted by atomic mass is 16.5. The standard InChI is InChI=1S/C21H34O3/c1-19-8-4-9-20(2,18(23)24-3)16(19)7-10-21-11-14(5-6-17(19)21)15(12-21)13-22/h14-17,22H,4-13H2,1-3H3/t14-,15-,16?,17?,19-,20-,21+/m1/s1. The second-order valence-electron chi connectivity index (χ2n) is 9.96. The van der Waals surface area contributed by atoms with E-state index in [1.54, 1.807) is 7.11 Å². The molecule has 0 amide bonds. The fourth-order valence-electron chi connectivity index (χ4n) is 8.28. The van der Waals surface area contributed by atoms with Gasteiger partial charge in [-0.2, -0.15) is 0 Å². The van der Waals surface area contributed by atoms with Crippen LogP contribution in [-0.4, -0.2) is 24.8 Å². The summed E-state index contributed by atoms with van der Waals surface area (Å²) < 4.78 is 5.24. The first kappa shape index (κ1) is 16.9. The van der Waals surface area contributed by atoms with Crippen LogP contribution >= 0.6 is 0 Å². The monoisotopic (exact) mass is 334 g/mol. The topological polar surface area (TPSA) is 46.5 Å². The number of hydrogen-bond acceptors (Lipinski definition) is 3. The van der Waals surface area contributed by atoms with E-state index in [1.807, 2.05) is 0 Å². The van der Waals surface area contributed by atoms with E-state index in [-0.39, 0.29) is 16.8 Å². The Morgan fingerprint density at radius 2 is 1.88 bits per heavy atom. The maximum absolute atomic E-state index is 12.6. The summed E-state index contributed by atoms with van der Waals surface area (Å²) in [6.07, 6.45) is 11.0. The van der Waals surface area contributed by atoms with Crippen molar-refractivity contribution in [3.8, 4) is 0 Å². The predicted octanol–water partition coefficient (Wildman–Crippen LogP) is 4.18. The number of aliphatic hydroxyl groups excluding tert-OH is 1. The lowest BCUT2D eigenvalue weighted by Gasteiger charge is -2.63. The summed E-state index contributed by atoms with van der Waals surface area (Å²) in [6, 6.07) is 0. The molecule has 4 aliphatic carbocycles. The van der Waals surface area contributed by atoms with Gasteiger partial charge in [-0.05, 0) is 92.8 Å². The van der Waals surface area contributed by atoms with Gasteiger partial charge in [0, 0.05) is 6.61 Å². The zero-order valence-electron chi connectivity index (χ0n) is 15.6. The molecule has 4 aliphatic rings. The highest BCUT2D eigenvalue weighted by Crippen LogP contribution is 2.72. The van der Waals surface area contributed by atoms with Crippen LogP contribution in [0.5, 0.6) is 0 Å². The molecule has 0 saturated heterocycles. The number of hydrogen-bond donors (Lipinski definition) is 1. The smallest absolute Gasteiger partial charge is 0.311 e. The highest BCUT2D eigenvalue weighted by Gasteiger charge is 2.65. The number of carbonyl (C=O) groups excluding carboxylic acids is 1. The molecule has 2 unspecified atom stereocenters. The Labute approximate surface area is 146 Å². The summed E-state index contributed by atoms with van der Waals surface area (Å²) in [5.41, 5.74) is 0.430. The lowest BCUT2D eigenvalue weighted by atomic mass is 9.41. The SMILES string of the molecule is COC(=O)[C@]1(C)CCC[C@@]2(C)C3CC[C@@H]4C[C@@]3(CCC21)C[C@@H]4CO. The molecule has 0 heterocycles. The minimum Gasteiger partial charge on any atom is -0.469 e. The van der Waals surface area contributed by atoms with Crippen LogP contribution in [0.1, 0.15) is 71.6 Å². The molecule has 4 rings (SSSR count). The Morgan fingerprint density at radius 1 is 1.08 bits per heavy atom. The van der Waals surface area contributed by atoms with Gasteiger partial charge in [0.25, 0.3) is 0 Å². The van der Waals surface area contributed by atoms with Crippen molar-refractivity contribution in [2.45, 2.75) is 71.6 Å². The van der Waals surface area contributed by atoms with Crippen LogP contribution in [0.15, 0.2) is 0 Å². The van der Waals surface area contributed by atoms with E-state index in [2.05, 4.69) is 13.8 Å². The second-order valence-corrected chi connectivity index (χ2v) is 9.96. The average Bonchev–Trinajstić information content (AvgIpc) is 2.84. The Kier molecular flexibility index (Phi) is 3.84. The molecule has 0 radical (unpaired) electrons. The van der Waals surface area contributed by atoms with Crippen molar-refractivity contribution in [1.29, 1.82) is 0 Å². The van der Waals surface area contributed by atoms with E-state index in [9.17, 15) is 9.90 Å². The van der Waals surface area contributed by atoms with Gasteiger partial charge in [0.05, 0.1) is 12.5 Å². The van der Waals surface area contributed by atoms with Crippen molar-refractivity contribution in [1.82, 2.24) is 0 Å². The molecule has 0 aromatic carbocycles. The molecule has 4 saturated carbocycles. The summed E-state index contributed by atoms with van der Waals surface area (Å²) in [5.74, 6) is 2.50. The first-order valence-electron chi connectivity index (χ1n) is 10.1. The molecule has 2 bridgehead atoms. The molecule has 1 spiro atoms. The Bertz CT molecular complexity index is 531. The van der Waals surface area contributed by atoms with E-state index >= 15 is 0 Å². The molecule has 0 aliphatic heterocycles. The number of esters is 1. The molecule has 7 atom stereocenters. The van der Waals surface area contributed by atoms with Gasteiger partial charge in [-0.3, -0.25) is 4.79 Å². The number of carbonyl (C=O) groups is 1. The largest absolute Gasteiger partial charge is 0.469 e. The Hall–Kier alpha value is -0.570. The number of methoxy groups -OCH3 is 1. The quantitative estimate of drug-likeness (QED) is 0.771. The molecule has 24 heavy (non-hydrogen) atoms. The second kappa shape index (κ2) is 5.46. The molecule has 3 heteroatoms. The Balaban J connectivity index is 1.69. The first-order chi connectivity index (χ1) is 11.4. The molecular weight excluding hydrogens is 300 g/mol. The summed E-state index contributed by atoms with van der Waals surface area (Å²) >= 11 is 0. The molecule has 3 nitrogen and oxygen atoms in total. The van der Waals surface area contributed by atoms with Crippen molar-refractivity contribution < 1.29 is 14.6 Å². The molecule has 0 aromatic heterocycles. The van der Waals surface area contributed by atoms with Crippen molar-refractivity contribution in [3.05, 3.63) is 0 Å². The Morgan fingerprint density at radius 3 is 2.58 bits per heavy atom. The van der Waals surface area contributed by atoms with E-state index < -0.39 is 0 Å². The van der Waals surface area contributed by atoms with Crippen molar-refractivity contribution in [3.63, 3.8) is 0 Å². The fourth-order valence-corrected chi connectivity index (χ4v) is 8.28. The van der Waals surface area contributed by atoms with Crippen LogP contribution in [0.25, 0.3) is 0 Å². The van der Waals surface area contributed by atoms with Gasteiger partial charge in [0.1, 0.15) is 0 Å². The van der Waals surface area contributed by atoms with Crippen molar-refractivity contribution >= 4 is 5.97 Å². The molecule has 0 aromatic rings. The van der Waals surface area contributed by atoms with Gasteiger partial charge < -0.3 is 9.84 Å². The van der Waals surface area contributed by atoms with Crippen LogP contribution in [0, 0.1) is 39.9 Å². The average molecular weight is 335 g/mol. The van der Waals surface area contributed by atoms with Crippen molar-refractivity contribution in [2.75, 3.05) is 13.7 Å². The number of fused-ring (bicyclic) bond motifs is 3. The normalized spacial score (nSPS) is 53.2. The molecule has 1 N–H and O–H groups in total. The van der Waals surface area contributed by atoms with Gasteiger partial charge >= 0.3 is 5.97 Å². The molecular formula is C21H34O3. The van der Waals surface area contributed by atoms with Gasteiger partial charge in [-0.15, -0.1) is 0 Å². The number of rotatable bonds is 2. The summed E-state index contributed by atoms with van der Waals surface area (Å²) in [4.78, 5) is 12.6. The van der Waals surface area contributed by atoms with Gasteiger partial charge in [0.15, 0.2) is 0 Å². The fraction of sp³-hybridized carbons (Fsp3) is 0.952. The number of ether oxygens (including phenoxy) is 1. The van der Waals surface area contributed by atoms with E-state index in [0.29, 0.717) is 23.9 Å². The van der Waals surface area contributed by atoms with Crippen LogP contribution in [-0.2, 0) is 9.53 Å². The minimum absolute atomic E-state index is 0.0164.